The second-order valence-corrected chi connectivity index (χ2v) is 18.7. The van der Waals surface area contributed by atoms with E-state index in [4.69, 9.17) is 33.2 Å². The summed E-state index contributed by atoms with van der Waals surface area (Å²) < 4.78 is 43.4. The van der Waals surface area contributed by atoms with Crippen molar-refractivity contribution in [3.8, 4) is 11.3 Å². The van der Waals surface area contributed by atoms with Crippen molar-refractivity contribution in [3.63, 3.8) is 0 Å². The van der Waals surface area contributed by atoms with E-state index in [0.29, 0.717) is 19.5 Å². The van der Waals surface area contributed by atoms with E-state index in [2.05, 4.69) is 15.3 Å². The van der Waals surface area contributed by atoms with Crippen molar-refractivity contribution in [2.24, 2.45) is 23.7 Å². The summed E-state index contributed by atoms with van der Waals surface area (Å²) in [6, 6.07) is 6.22. The summed E-state index contributed by atoms with van der Waals surface area (Å²) in [7, 11) is 3.66. The van der Waals surface area contributed by atoms with E-state index in [-0.39, 0.29) is 25.2 Å². The van der Waals surface area contributed by atoms with Crippen LogP contribution in [0.2, 0.25) is 0 Å². The van der Waals surface area contributed by atoms with E-state index in [9.17, 15) is 29.1 Å². The average Bonchev–Trinajstić information content (AvgIpc) is 3.61. The molecule has 5 rings (SSSR count). The predicted octanol–water partition coefficient (Wildman–Crippen LogP) is 6.43. The van der Waals surface area contributed by atoms with E-state index < -0.39 is 108 Å². The van der Waals surface area contributed by atoms with Gasteiger partial charge in [-0.3, -0.25) is 19.6 Å². The SMILES string of the molecule is CC[C@H]1OC(=O)[C@H](C)[C@@H](OC(=O)N(CC)CC)[C@H](C)[C@@H](O[C@@H]2O[C@H](C)C[C@H](N(C)C)[C@H]2O)[C@](C)(OC(=O)OCC=Cc2ccc(-c3cnccn3)cc2)C[C@@H](C)C(=O)[C@H](C)[C@H]2NC(=O)O[C@@]21C. The molecular weight excluding hydrogens is 867 g/mol. The van der Waals surface area contributed by atoms with Crippen molar-refractivity contribution in [3.05, 3.63) is 54.5 Å². The molecule has 3 saturated heterocycles. The molecule has 18 nitrogen and oxygen atoms in total. The Balaban J connectivity index is 1.58. The highest BCUT2D eigenvalue weighted by Crippen LogP contribution is 2.42. The number of carbonyl (C=O) groups excluding carboxylic acids is 5. The fourth-order valence-electron chi connectivity index (χ4n) is 9.84. The Morgan fingerprint density at radius 2 is 1.67 bits per heavy atom. The summed E-state index contributed by atoms with van der Waals surface area (Å²) in [4.78, 5) is 81.9. The molecule has 2 amide bonds. The number of ether oxygens (including phenoxy) is 7. The van der Waals surface area contributed by atoms with Gasteiger partial charge in [-0.25, -0.2) is 14.4 Å². The van der Waals surface area contributed by atoms with Gasteiger partial charge in [0.1, 0.15) is 42.4 Å². The third-order valence-corrected chi connectivity index (χ3v) is 13.6. The molecule has 1 aromatic carbocycles. The number of nitrogens with one attached hydrogen (secondary N) is 1. The van der Waals surface area contributed by atoms with E-state index in [1.54, 1.807) is 93.1 Å². The van der Waals surface area contributed by atoms with Gasteiger partial charge in [0.15, 0.2) is 11.9 Å². The highest BCUT2D eigenvalue weighted by Gasteiger charge is 2.58. The van der Waals surface area contributed by atoms with E-state index in [1.165, 1.54) is 4.90 Å². The normalized spacial score (nSPS) is 34.0. The molecule has 4 heterocycles. The minimum absolute atomic E-state index is 0.186. The highest BCUT2D eigenvalue weighted by atomic mass is 16.8. The lowest BCUT2D eigenvalue weighted by Gasteiger charge is -2.48. The molecule has 0 radical (unpaired) electrons. The molecule has 0 bridgehead atoms. The molecule has 0 aliphatic carbocycles. The number of alkyl carbamates (subject to hydrolysis) is 1. The predicted molar refractivity (Wildman–Crippen MR) is 246 cm³/mol. The third-order valence-electron chi connectivity index (χ3n) is 13.6. The van der Waals surface area contributed by atoms with Crippen LogP contribution in [-0.4, -0.2) is 149 Å². The van der Waals surface area contributed by atoms with Crippen LogP contribution < -0.4 is 5.32 Å². The summed E-state index contributed by atoms with van der Waals surface area (Å²) in [5.74, 6) is -5.11. The van der Waals surface area contributed by atoms with Crippen LogP contribution in [0.1, 0.15) is 94.1 Å². The molecule has 3 fully saturated rings. The number of cyclic esters (lactones) is 1. The van der Waals surface area contributed by atoms with Crippen molar-refractivity contribution in [1.82, 2.24) is 25.1 Å². The van der Waals surface area contributed by atoms with Gasteiger partial charge in [0.2, 0.25) is 0 Å². The Labute approximate surface area is 394 Å². The first-order valence-electron chi connectivity index (χ1n) is 23.4. The fraction of sp³-hybridized carbons (Fsp3) is 0.653. The van der Waals surface area contributed by atoms with Crippen molar-refractivity contribution < 1.29 is 62.2 Å². The number of esters is 1. The van der Waals surface area contributed by atoms with Gasteiger partial charge < -0.3 is 53.4 Å². The Morgan fingerprint density at radius 3 is 2.28 bits per heavy atom. The van der Waals surface area contributed by atoms with Crippen LogP contribution in [0.5, 0.6) is 0 Å². The number of fused-ring (bicyclic) bond motifs is 1. The van der Waals surface area contributed by atoms with Crippen LogP contribution >= 0.6 is 0 Å². The Hall–Kier alpha value is -5.17. The molecule has 0 spiro atoms. The largest absolute Gasteiger partial charge is 0.509 e. The maximum Gasteiger partial charge on any atom is 0.509 e. The van der Waals surface area contributed by atoms with Crippen LogP contribution in [-0.2, 0) is 42.7 Å². The van der Waals surface area contributed by atoms with Gasteiger partial charge in [0.25, 0.3) is 0 Å². The zero-order valence-corrected chi connectivity index (χ0v) is 41.0. The second kappa shape index (κ2) is 22.8. The van der Waals surface area contributed by atoms with Gasteiger partial charge in [-0.2, -0.15) is 0 Å². The first-order chi connectivity index (χ1) is 31.7. The molecule has 0 unspecified atom stereocenters. The molecule has 67 heavy (non-hydrogen) atoms. The van der Waals surface area contributed by atoms with Crippen LogP contribution in [0.25, 0.3) is 17.3 Å². The van der Waals surface area contributed by atoms with Gasteiger partial charge in [0, 0.05) is 54.8 Å². The molecule has 3 aliphatic rings. The molecule has 370 valence electrons. The van der Waals surface area contributed by atoms with Gasteiger partial charge in [-0.15, -0.1) is 0 Å². The topological polar surface area (TPSA) is 214 Å². The zero-order chi connectivity index (χ0) is 49.4. The minimum Gasteiger partial charge on any atom is -0.458 e. The van der Waals surface area contributed by atoms with E-state index in [0.717, 1.165) is 16.8 Å². The number of hydrogen-bond donors (Lipinski definition) is 2. The second-order valence-electron chi connectivity index (χ2n) is 18.7. The number of aromatic nitrogens is 2. The lowest BCUT2D eigenvalue weighted by Crippen LogP contribution is -2.61. The molecule has 1 aromatic heterocycles. The van der Waals surface area contributed by atoms with Gasteiger partial charge >= 0.3 is 24.3 Å². The average molecular weight is 938 g/mol. The van der Waals surface area contributed by atoms with Crippen molar-refractivity contribution in [2.75, 3.05) is 33.8 Å². The van der Waals surface area contributed by atoms with Crippen LogP contribution in [0, 0.1) is 23.7 Å². The Morgan fingerprint density at radius 1 is 0.985 bits per heavy atom. The summed E-state index contributed by atoms with van der Waals surface area (Å²) in [5, 5.41) is 14.6. The van der Waals surface area contributed by atoms with Gasteiger partial charge in [0.05, 0.1) is 30.0 Å². The lowest BCUT2D eigenvalue weighted by atomic mass is 9.73. The number of ketones is 1. The molecule has 3 aliphatic heterocycles. The van der Waals surface area contributed by atoms with Crippen LogP contribution in [0.15, 0.2) is 48.9 Å². The van der Waals surface area contributed by atoms with E-state index >= 15 is 0 Å². The Bertz CT molecular complexity index is 2040. The molecule has 2 aromatic rings. The maximum absolute atomic E-state index is 14.7. The van der Waals surface area contributed by atoms with Crippen LogP contribution in [0.3, 0.4) is 0 Å². The first-order valence-corrected chi connectivity index (χ1v) is 23.4. The van der Waals surface area contributed by atoms with Gasteiger partial charge in [-0.05, 0) is 86.5 Å². The maximum atomic E-state index is 14.7. The number of carbonyl (C=O) groups is 5. The number of likely N-dealkylation sites (N-methyl/N-ethyl adjacent to an activating group) is 1. The monoisotopic (exact) mass is 938 g/mol. The number of amides is 2. The molecule has 18 heteroatoms. The smallest absolute Gasteiger partial charge is 0.458 e. The minimum atomic E-state index is -1.82. The zero-order valence-electron chi connectivity index (χ0n) is 41.0. The van der Waals surface area contributed by atoms with Crippen molar-refractivity contribution in [1.29, 1.82) is 0 Å². The summed E-state index contributed by atoms with van der Waals surface area (Å²) in [5.41, 5.74) is -0.870. The highest BCUT2D eigenvalue weighted by molar-refractivity contribution is 5.85. The summed E-state index contributed by atoms with van der Waals surface area (Å²) >= 11 is 0. The quantitative estimate of drug-likeness (QED) is 0.173. The van der Waals surface area contributed by atoms with Crippen molar-refractivity contribution >= 4 is 36.2 Å². The Kier molecular flexibility index (Phi) is 17.9. The number of benzene rings is 1. The van der Waals surface area contributed by atoms with Crippen molar-refractivity contribution in [2.45, 2.75) is 149 Å². The number of aliphatic hydroxyl groups is 1. The molecular formula is C49H71N5O13. The number of hydrogen-bond acceptors (Lipinski definition) is 16. The third kappa shape index (κ3) is 12.3. The fourth-order valence-corrected chi connectivity index (χ4v) is 9.84. The molecule has 14 atom stereocenters. The number of Topliss-reactive ketones (excluding diaryl/α,β-unsaturated/α-hetero) is 1. The van der Waals surface area contributed by atoms with E-state index in [1.807, 2.05) is 50.2 Å². The molecule has 2 N–H and O–H groups in total. The first kappa shape index (κ1) is 52.8. The molecule has 0 saturated carbocycles. The lowest BCUT2D eigenvalue weighted by molar-refractivity contribution is -0.299. The summed E-state index contributed by atoms with van der Waals surface area (Å²) in [6.07, 6.45) is -0.415. The summed E-state index contributed by atoms with van der Waals surface area (Å²) in [6.45, 7) is 17.4. The number of rotatable bonds is 12. The standard InChI is InChI=1S/C49H71N5O13/c1-13-37-49(10)41(52-45(58)66-49)30(6)38(55)28(4)26-48(9,67-47(60)61-24-16-17-33-18-20-34(21-19-33)35-27-50-22-23-51-35)42(65-44-39(56)36(53(11)12)25-29(5)62-44)31(7)40(32(8)43(57)63-37)64-46(59)54(14-2)15-3/h16-23,27-32,36-37,39-42,44,56H,13-15,24-26H2,1-12H3,(H,52,58)/t28-,29-,30+,31+,32-,36+,37-,39-,40+,41-,42-,44+,48-,49-/m1/s1. The van der Waals surface area contributed by atoms with Gasteiger partial charge in [-0.1, -0.05) is 58.0 Å². The van der Waals surface area contributed by atoms with Crippen LogP contribution in [0.4, 0.5) is 14.4 Å². The number of aliphatic hydroxyl groups excluding tert-OH is 1. The number of nitrogens with zero attached hydrogens (tertiary/aromatic N) is 4.